The summed E-state index contributed by atoms with van der Waals surface area (Å²) in [7, 11) is 0. The minimum absolute atomic E-state index is 0.111. The molecule has 1 heterocycles. The molecule has 0 spiro atoms. The molecule has 0 aliphatic heterocycles. The summed E-state index contributed by atoms with van der Waals surface area (Å²) < 4.78 is 0. The van der Waals surface area contributed by atoms with E-state index < -0.39 is 0 Å². The molecule has 21 heavy (non-hydrogen) atoms. The van der Waals surface area contributed by atoms with Crippen LogP contribution < -0.4 is 11.1 Å². The number of carbonyl (C=O) groups excluding carboxylic acids is 1. The monoisotopic (exact) mass is 300 g/mol. The van der Waals surface area contributed by atoms with Crippen LogP contribution in [0.2, 0.25) is 0 Å². The van der Waals surface area contributed by atoms with Crippen molar-refractivity contribution >= 4 is 22.9 Å². The van der Waals surface area contributed by atoms with E-state index in [-0.39, 0.29) is 5.91 Å². The SMILES string of the molecule is Nc1ccc(CCC(=O)NCc2cc3c(s2)CCC3)cc1. The zero-order chi connectivity index (χ0) is 14.7. The summed E-state index contributed by atoms with van der Waals surface area (Å²) in [6.45, 7) is 0.665. The second kappa shape index (κ2) is 6.31. The Morgan fingerprint density at radius 1 is 1.24 bits per heavy atom. The summed E-state index contributed by atoms with van der Waals surface area (Å²) in [5.74, 6) is 0.111. The second-order valence-corrected chi connectivity index (χ2v) is 6.75. The molecule has 1 aliphatic carbocycles. The summed E-state index contributed by atoms with van der Waals surface area (Å²) in [6.07, 6.45) is 4.99. The predicted molar refractivity (Wildman–Crippen MR) is 87.4 cm³/mol. The fraction of sp³-hybridized carbons (Fsp3) is 0.353. The van der Waals surface area contributed by atoms with E-state index in [2.05, 4.69) is 11.4 Å². The number of hydrogen-bond donors (Lipinski definition) is 2. The highest BCUT2D eigenvalue weighted by Crippen LogP contribution is 2.30. The van der Waals surface area contributed by atoms with Crippen molar-refractivity contribution in [1.82, 2.24) is 5.32 Å². The molecule has 110 valence electrons. The van der Waals surface area contributed by atoms with Crippen molar-refractivity contribution in [2.75, 3.05) is 5.73 Å². The van der Waals surface area contributed by atoms with Crippen molar-refractivity contribution in [3.63, 3.8) is 0 Å². The number of hydrogen-bond acceptors (Lipinski definition) is 3. The summed E-state index contributed by atoms with van der Waals surface area (Å²) in [6, 6.07) is 9.97. The number of nitrogens with one attached hydrogen (secondary N) is 1. The van der Waals surface area contributed by atoms with E-state index in [0.717, 1.165) is 17.7 Å². The Morgan fingerprint density at radius 3 is 2.81 bits per heavy atom. The standard InChI is InChI=1S/C17H20N2OS/c18-14-7-4-12(5-8-14)6-9-17(20)19-11-15-10-13-2-1-3-16(13)21-15/h4-5,7-8,10H,1-3,6,9,11,18H2,(H,19,20). The number of amides is 1. The van der Waals surface area contributed by atoms with Crippen molar-refractivity contribution in [2.24, 2.45) is 0 Å². The molecule has 1 amide bonds. The van der Waals surface area contributed by atoms with Gasteiger partial charge in [-0.1, -0.05) is 12.1 Å². The van der Waals surface area contributed by atoms with E-state index in [0.29, 0.717) is 13.0 Å². The van der Waals surface area contributed by atoms with Gasteiger partial charge in [0.25, 0.3) is 0 Å². The molecule has 0 fully saturated rings. The molecule has 0 saturated carbocycles. The molecular weight excluding hydrogens is 280 g/mol. The third kappa shape index (κ3) is 3.64. The van der Waals surface area contributed by atoms with E-state index in [4.69, 9.17) is 5.73 Å². The van der Waals surface area contributed by atoms with Gasteiger partial charge in [0, 0.05) is 21.9 Å². The summed E-state index contributed by atoms with van der Waals surface area (Å²) in [4.78, 5) is 14.7. The van der Waals surface area contributed by atoms with Gasteiger partial charge in [0.2, 0.25) is 5.91 Å². The maximum atomic E-state index is 11.9. The number of rotatable bonds is 5. The Labute approximate surface area is 129 Å². The third-order valence-electron chi connectivity index (χ3n) is 3.88. The van der Waals surface area contributed by atoms with E-state index in [1.165, 1.54) is 34.6 Å². The van der Waals surface area contributed by atoms with E-state index >= 15 is 0 Å². The lowest BCUT2D eigenvalue weighted by Crippen LogP contribution is -2.22. The molecule has 1 aromatic heterocycles. The number of benzene rings is 1. The maximum Gasteiger partial charge on any atom is 0.220 e. The maximum absolute atomic E-state index is 11.9. The van der Waals surface area contributed by atoms with Gasteiger partial charge in [-0.3, -0.25) is 4.79 Å². The third-order valence-corrected chi connectivity index (χ3v) is 5.11. The quantitative estimate of drug-likeness (QED) is 0.834. The summed E-state index contributed by atoms with van der Waals surface area (Å²) in [5.41, 5.74) is 9.04. The lowest BCUT2D eigenvalue weighted by atomic mass is 10.1. The smallest absolute Gasteiger partial charge is 0.220 e. The van der Waals surface area contributed by atoms with Gasteiger partial charge in [-0.25, -0.2) is 0 Å². The van der Waals surface area contributed by atoms with Gasteiger partial charge >= 0.3 is 0 Å². The summed E-state index contributed by atoms with van der Waals surface area (Å²) in [5, 5.41) is 3.02. The van der Waals surface area contributed by atoms with Gasteiger partial charge in [0.1, 0.15) is 0 Å². The van der Waals surface area contributed by atoms with Gasteiger partial charge in [-0.05, 0) is 55.0 Å². The van der Waals surface area contributed by atoms with Crippen molar-refractivity contribution in [3.8, 4) is 0 Å². The Bertz CT molecular complexity index is 609. The van der Waals surface area contributed by atoms with Gasteiger partial charge in [-0.15, -0.1) is 11.3 Å². The minimum Gasteiger partial charge on any atom is -0.399 e. The number of nitrogen functional groups attached to an aromatic ring is 1. The van der Waals surface area contributed by atoms with Crippen molar-refractivity contribution in [3.05, 3.63) is 51.2 Å². The van der Waals surface area contributed by atoms with Crippen LogP contribution in [0.3, 0.4) is 0 Å². The highest BCUT2D eigenvalue weighted by Gasteiger charge is 2.14. The lowest BCUT2D eigenvalue weighted by molar-refractivity contribution is -0.121. The number of nitrogens with two attached hydrogens (primary N) is 1. The van der Waals surface area contributed by atoms with E-state index in [9.17, 15) is 4.79 Å². The fourth-order valence-corrected chi connectivity index (χ4v) is 3.89. The van der Waals surface area contributed by atoms with Crippen molar-refractivity contribution in [1.29, 1.82) is 0 Å². The van der Waals surface area contributed by atoms with E-state index in [1.807, 2.05) is 35.6 Å². The van der Waals surface area contributed by atoms with Crippen LogP contribution in [0.15, 0.2) is 30.3 Å². The van der Waals surface area contributed by atoms with Crippen LogP contribution in [-0.2, 0) is 30.6 Å². The summed E-state index contributed by atoms with van der Waals surface area (Å²) >= 11 is 1.85. The molecule has 0 unspecified atom stereocenters. The lowest BCUT2D eigenvalue weighted by Gasteiger charge is -2.04. The molecule has 1 aromatic carbocycles. The minimum atomic E-state index is 0.111. The van der Waals surface area contributed by atoms with Crippen LogP contribution in [0, 0.1) is 0 Å². The zero-order valence-corrected chi connectivity index (χ0v) is 12.8. The van der Waals surface area contributed by atoms with Crippen LogP contribution >= 0.6 is 11.3 Å². The first-order valence-corrected chi connectivity index (χ1v) is 8.24. The molecule has 0 bridgehead atoms. The van der Waals surface area contributed by atoms with E-state index in [1.54, 1.807) is 0 Å². The molecule has 3 rings (SSSR count). The number of thiophene rings is 1. The normalized spacial score (nSPS) is 13.1. The number of aryl methyl sites for hydroxylation is 3. The first-order chi connectivity index (χ1) is 10.2. The molecule has 0 saturated heterocycles. The number of fused-ring (bicyclic) bond motifs is 1. The van der Waals surface area contributed by atoms with Crippen molar-refractivity contribution < 1.29 is 4.79 Å². The molecule has 2 aromatic rings. The van der Waals surface area contributed by atoms with Gasteiger partial charge in [0.05, 0.1) is 6.54 Å². The first kappa shape index (κ1) is 14.1. The highest BCUT2D eigenvalue weighted by atomic mass is 32.1. The van der Waals surface area contributed by atoms with Crippen LogP contribution in [0.25, 0.3) is 0 Å². The van der Waals surface area contributed by atoms with Crippen LogP contribution in [-0.4, -0.2) is 5.91 Å². The Balaban J connectivity index is 1.44. The zero-order valence-electron chi connectivity index (χ0n) is 12.0. The Morgan fingerprint density at radius 2 is 2.05 bits per heavy atom. The van der Waals surface area contributed by atoms with Gasteiger partial charge in [-0.2, -0.15) is 0 Å². The van der Waals surface area contributed by atoms with Crippen LogP contribution in [0.4, 0.5) is 5.69 Å². The highest BCUT2D eigenvalue weighted by molar-refractivity contribution is 7.12. The largest absolute Gasteiger partial charge is 0.399 e. The molecule has 0 atom stereocenters. The number of carbonyl (C=O) groups is 1. The van der Waals surface area contributed by atoms with Crippen LogP contribution in [0.1, 0.15) is 33.7 Å². The molecular formula is C17H20N2OS. The number of anilines is 1. The van der Waals surface area contributed by atoms with Gasteiger partial charge in [0.15, 0.2) is 0 Å². The topological polar surface area (TPSA) is 55.1 Å². The fourth-order valence-electron chi connectivity index (χ4n) is 2.69. The molecule has 3 nitrogen and oxygen atoms in total. The average Bonchev–Trinajstić information content (AvgIpc) is 3.05. The Hall–Kier alpha value is -1.81. The predicted octanol–water partition coefficient (Wildman–Crippen LogP) is 3.07. The molecule has 4 heteroatoms. The molecule has 3 N–H and O–H groups in total. The van der Waals surface area contributed by atoms with Gasteiger partial charge < -0.3 is 11.1 Å². The second-order valence-electron chi connectivity index (χ2n) is 5.53. The first-order valence-electron chi connectivity index (χ1n) is 7.42. The van der Waals surface area contributed by atoms with Crippen molar-refractivity contribution in [2.45, 2.75) is 38.6 Å². The molecule has 1 aliphatic rings. The average molecular weight is 300 g/mol. The van der Waals surface area contributed by atoms with Crippen LogP contribution in [0.5, 0.6) is 0 Å². The Kier molecular flexibility index (Phi) is 4.25. The molecule has 0 radical (unpaired) electrons.